The Morgan fingerprint density at radius 3 is 1.42 bits per heavy atom. The molecule has 12 heavy (non-hydrogen) atoms. The minimum Gasteiger partial charge on any atom is -0.272 e. The van der Waals surface area contributed by atoms with Crippen LogP contribution in [0.15, 0.2) is 0 Å². The molecule has 0 heterocycles. The minimum absolute atomic E-state index is 0.0729. The second-order valence-corrected chi connectivity index (χ2v) is 3.63. The normalized spacial score (nSPS) is 9.33. The Labute approximate surface area is 98.9 Å². The first-order valence-corrected chi connectivity index (χ1v) is 6.24. The molecule has 0 aromatic rings. The van der Waals surface area contributed by atoms with Crippen molar-refractivity contribution < 1.29 is 9.59 Å². The smallest absolute Gasteiger partial charge is 0.250 e. The summed E-state index contributed by atoms with van der Waals surface area (Å²) in [6.07, 6.45) is 0. The van der Waals surface area contributed by atoms with Crippen molar-refractivity contribution >= 4 is 57.0 Å². The molecular formula is C6H10I2N2O2. The lowest BCUT2D eigenvalue weighted by Gasteiger charge is -2.26. The van der Waals surface area contributed by atoms with Crippen molar-refractivity contribution in [1.82, 2.24) is 10.0 Å². The fraction of sp³-hybridized carbons (Fsp3) is 0.667. The van der Waals surface area contributed by atoms with Crippen molar-refractivity contribution in [3.8, 4) is 0 Å². The van der Waals surface area contributed by atoms with Crippen LogP contribution in [-0.2, 0) is 9.59 Å². The first kappa shape index (κ1) is 12.4. The van der Waals surface area contributed by atoms with Crippen LogP contribution in [0.3, 0.4) is 0 Å². The largest absolute Gasteiger partial charge is 0.272 e. The molecule has 70 valence electrons. The van der Waals surface area contributed by atoms with Gasteiger partial charge >= 0.3 is 0 Å². The van der Waals surface area contributed by atoms with Crippen molar-refractivity contribution in [1.29, 1.82) is 0 Å². The molecule has 0 rings (SSSR count). The van der Waals surface area contributed by atoms with Crippen molar-refractivity contribution in [2.24, 2.45) is 0 Å². The maximum atomic E-state index is 11.1. The van der Waals surface area contributed by atoms with E-state index in [1.807, 2.05) is 45.2 Å². The SMILES string of the molecule is CN(C(=O)CI)N(C)C(=O)CI. The molecule has 4 nitrogen and oxygen atoms in total. The molecule has 0 aliphatic carbocycles. The van der Waals surface area contributed by atoms with E-state index in [-0.39, 0.29) is 11.8 Å². The third-order valence-electron chi connectivity index (χ3n) is 1.40. The summed E-state index contributed by atoms with van der Waals surface area (Å²) in [6, 6.07) is 0. The van der Waals surface area contributed by atoms with Crippen molar-refractivity contribution in [3.05, 3.63) is 0 Å². The molecule has 0 radical (unpaired) electrons. The molecule has 2 amide bonds. The molecule has 0 unspecified atom stereocenters. The van der Waals surface area contributed by atoms with E-state index in [1.165, 1.54) is 10.0 Å². The van der Waals surface area contributed by atoms with Crippen molar-refractivity contribution in [3.63, 3.8) is 0 Å². The van der Waals surface area contributed by atoms with Crippen LogP contribution in [0.5, 0.6) is 0 Å². The molecule has 0 atom stereocenters. The van der Waals surface area contributed by atoms with E-state index >= 15 is 0 Å². The quantitative estimate of drug-likeness (QED) is 0.392. The molecule has 0 bridgehead atoms. The van der Waals surface area contributed by atoms with Crippen LogP contribution >= 0.6 is 45.2 Å². The summed E-state index contributed by atoms with van der Waals surface area (Å²) in [5.74, 6) is -0.146. The lowest BCUT2D eigenvalue weighted by Crippen LogP contribution is -2.45. The number of nitrogens with zero attached hydrogens (tertiary/aromatic N) is 2. The standard InChI is InChI=1S/C6H10I2N2O2/c1-9(5(11)3-7)10(2)6(12)4-8/h3-4H2,1-2H3. The van der Waals surface area contributed by atoms with E-state index in [0.717, 1.165) is 0 Å². The zero-order valence-corrected chi connectivity index (χ0v) is 11.2. The molecule has 6 heteroatoms. The predicted molar refractivity (Wildman–Crippen MR) is 63.3 cm³/mol. The molecule has 0 aromatic heterocycles. The van der Waals surface area contributed by atoms with Crippen LogP contribution in [0.25, 0.3) is 0 Å². The van der Waals surface area contributed by atoms with Crippen LogP contribution in [0, 0.1) is 0 Å². The Morgan fingerprint density at radius 2 is 1.25 bits per heavy atom. The van der Waals surface area contributed by atoms with Gasteiger partial charge in [0.25, 0.3) is 11.8 Å². The van der Waals surface area contributed by atoms with Crippen LogP contribution in [0.1, 0.15) is 0 Å². The van der Waals surface area contributed by atoms with Crippen molar-refractivity contribution in [2.45, 2.75) is 0 Å². The third kappa shape index (κ3) is 3.42. The third-order valence-corrected chi connectivity index (χ3v) is 2.71. The number of hydrogen-bond donors (Lipinski definition) is 0. The Morgan fingerprint density at radius 1 is 1.00 bits per heavy atom. The Balaban J connectivity index is 4.18. The molecule has 0 aromatic carbocycles. The molecule has 0 N–H and O–H groups in total. The number of alkyl halides is 2. The van der Waals surface area contributed by atoms with Gasteiger partial charge in [0.1, 0.15) is 0 Å². The van der Waals surface area contributed by atoms with Gasteiger partial charge in [0.15, 0.2) is 0 Å². The number of hydrogen-bond acceptors (Lipinski definition) is 2. The number of carbonyl (C=O) groups excluding carboxylic acids is 2. The number of amides is 2. The minimum atomic E-state index is -0.0729. The summed E-state index contributed by atoms with van der Waals surface area (Å²) < 4.78 is 0.764. The number of rotatable bonds is 2. The highest BCUT2D eigenvalue weighted by Crippen LogP contribution is 1.98. The van der Waals surface area contributed by atoms with Crippen LogP contribution in [0.4, 0.5) is 0 Å². The fourth-order valence-corrected chi connectivity index (χ4v) is 1.49. The van der Waals surface area contributed by atoms with E-state index in [2.05, 4.69) is 0 Å². The van der Waals surface area contributed by atoms with Gasteiger partial charge in [-0.15, -0.1) is 0 Å². The zero-order valence-electron chi connectivity index (χ0n) is 6.88. The molecule has 0 aliphatic rings. The highest BCUT2D eigenvalue weighted by molar-refractivity contribution is 14.1. The Bertz CT molecular complexity index is 166. The summed E-state index contributed by atoms with van der Waals surface area (Å²) in [7, 11) is 3.18. The summed E-state index contributed by atoms with van der Waals surface area (Å²) >= 11 is 3.93. The van der Waals surface area contributed by atoms with E-state index in [9.17, 15) is 9.59 Å². The zero-order chi connectivity index (χ0) is 9.72. The predicted octanol–water partition coefficient (Wildman–Crippen LogP) is 0.688. The van der Waals surface area contributed by atoms with Gasteiger partial charge in [0.05, 0.1) is 8.86 Å². The van der Waals surface area contributed by atoms with Gasteiger partial charge in [-0.25, -0.2) is 0 Å². The van der Waals surface area contributed by atoms with E-state index < -0.39 is 0 Å². The summed E-state index contributed by atoms with van der Waals surface area (Å²) in [5, 5.41) is 2.65. The molecule has 0 spiro atoms. The van der Waals surface area contributed by atoms with E-state index in [0.29, 0.717) is 8.86 Å². The fourth-order valence-electron chi connectivity index (χ4n) is 0.508. The molecule has 0 saturated heterocycles. The molecule has 0 aliphatic heterocycles. The summed E-state index contributed by atoms with van der Waals surface area (Å²) in [5.41, 5.74) is 0. The highest BCUT2D eigenvalue weighted by Gasteiger charge is 2.16. The van der Waals surface area contributed by atoms with Crippen LogP contribution in [0.2, 0.25) is 0 Å². The average molecular weight is 396 g/mol. The number of hydrazine groups is 1. The molecule has 0 saturated carbocycles. The summed E-state index contributed by atoms with van der Waals surface area (Å²) in [4.78, 5) is 22.2. The van der Waals surface area contributed by atoms with E-state index in [4.69, 9.17) is 0 Å². The van der Waals surface area contributed by atoms with Gasteiger partial charge in [-0.2, -0.15) is 0 Å². The summed E-state index contributed by atoms with van der Waals surface area (Å²) in [6.45, 7) is 0. The molecule has 0 fully saturated rings. The Kier molecular flexibility index (Phi) is 6.14. The monoisotopic (exact) mass is 396 g/mol. The topological polar surface area (TPSA) is 40.6 Å². The van der Waals surface area contributed by atoms with Gasteiger partial charge in [-0.05, 0) is 0 Å². The highest BCUT2D eigenvalue weighted by atomic mass is 127. The first-order chi connectivity index (χ1) is 5.54. The lowest BCUT2D eigenvalue weighted by molar-refractivity contribution is -0.153. The maximum Gasteiger partial charge on any atom is 0.250 e. The van der Waals surface area contributed by atoms with Gasteiger partial charge < -0.3 is 0 Å². The number of halogens is 2. The van der Waals surface area contributed by atoms with Gasteiger partial charge in [0.2, 0.25) is 0 Å². The van der Waals surface area contributed by atoms with Crippen LogP contribution < -0.4 is 0 Å². The van der Waals surface area contributed by atoms with Gasteiger partial charge in [-0.1, -0.05) is 45.2 Å². The first-order valence-electron chi connectivity index (χ1n) is 3.19. The van der Waals surface area contributed by atoms with E-state index in [1.54, 1.807) is 14.1 Å². The Hall–Kier alpha value is 0.400. The second kappa shape index (κ2) is 5.95. The average Bonchev–Trinajstić information content (AvgIpc) is 2.12. The lowest BCUT2D eigenvalue weighted by atomic mass is 10.6. The maximum absolute atomic E-state index is 11.1. The second-order valence-electron chi connectivity index (χ2n) is 2.10. The van der Waals surface area contributed by atoms with Crippen LogP contribution in [-0.4, -0.2) is 44.8 Å². The van der Waals surface area contributed by atoms with Gasteiger partial charge in [-0.3, -0.25) is 19.6 Å². The van der Waals surface area contributed by atoms with Crippen molar-refractivity contribution in [2.75, 3.05) is 23.0 Å². The van der Waals surface area contributed by atoms with Gasteiger partial charge in [0, 0.05) is 14.1 Å². The number of carbonyl (C=O) groups is 2. The molecular weight excluding hydrogens is 386 g/mol.